The maximum atomic E-state index is 2.39. The second kappa shape index (κ2) is 9.55. The lowest BCUT2D eigenvalue weighted by Crippen LogP contribution is -2.31. The Morgan fingerprint density at radius 3 is 2.06 bits per heavy atom. The second-order valence-electron chi connectivity index (χ2n) is 4.27. The van der Waals surface area contributed by atoms with Crippen molar-refractivity contribution in [1.82, 2.24) is 4.90 Å². The minimum atomic E-state index is 0.629. The largest absolute Gasteiger partial charge is 0.303 e. The van der Waals surface area contributed by atoms with Gasteiger partial charge in [0.1, 0.15) is 0 Å². The number of hydrogen-bond acceptors (Lipinski definition) is 2. The quantitative estimate of drug-likeness (QED) is 0.709. The van der Waals surface area contributed by atoms with Gasteiger partial charge in [0.05, 0.1) is 0 Å². The zero-order valence-electron chi connectivity index (χ0n) is 12.1. The van der Waals surface area contributed by atoms with Crippen LogP contribution < -0.4 is 0 Å². The van der Waals surface area contributed by atoms with Gasteiger partial charge in [0.2, 0.25) is 0 Å². The minimum Gasteiger partial charge on any atom is -0.303 e. The monoisotopic (exact) mass is 253 g/mol. The number of thioether (sulfide) groups is 1. The van der Waals surface area contributed by atoms with Gasteiger partial charge in [0, 0.05) is 22.7 Å². The summed E-state index contributed by atoms with van der Waals surface area (Å²) in [5.41, 5.74) is 0. The predicted octanol–water partition coefficient (Wildman–Crippen LogP) is 4.53. The zero-order valence-corrected chi connectivity index (χ0v) is 12.9. The fourth-order valence-corrected chi connectivity index (χ4v) is 2.47. The summed E-state index contributed by atoms with van der Waals surface area (Å²) in [6, 6.07) is 11.2. The Labute approximate surface area is 112 Å². The summed E-state index contributed by atoms with van der Waals surface area (Å²) in [6.07, 6.45) is 0. The summed E-state index contributed by atoms with van der Waals surface area (Å²) in [5.74, 6) is 0. The Morgan fingerprint density at radius 2 is 1.59 bits per heavy atom. The molecule has 0 N–H and O–H groups in total. The lowest BCUT2D eigenvalue weighted by molar-refractivity contribution is 0.278. The third-order valence-electron chi connectivity index (χ3n) is 2.51. The molecule has 2 heteroatoms. The molecule has 1 nitrogen and oxygen atoms in total. The summed E-state index contributed by atoms with van der Waals surface area (Å²) >= 11 is 1.95. The molecular weight excluding hydrogens is 226 g/mol. The molecule has 98 valence electrons. The first-order valence-corrected chi connectivity index (χ1v) is 7.39. The first kappa shape index (κ1) is 16.5. The van der Waals surface area contributed by atoms with E-state index in [1.807, 2.05) is 25.6 Å². The van der Waals surface area contributed by atoms with Gasteiger partial charge in [-0.15, -0.1) is 11.8 Å². The maximum Gasteiger partial charge on any atom is 0.0193 e. The van der Waals surface area contributed by atoms with Crippen LogP contribution in [0.25, 0.3) is 0 Å². The molecule has 17 heavy (non-hydrogen) atoms. The molecule has 0 fully saturated rings. The van der Waals surface area contributed by atoms with Crippen molar-refractivity contribution in [2.75, 3.05) is 13.6 Å². The standard InChI is InChI=1S/C13H21NS.C2H6/c1-11(2)14(4)10-12(3)15-13-8-6-5-7-9-13;1-2/h5-9,11-12H,10H2,1-4H3;1-2H3. The van der Waals surface area contributed by atoms with Crippen LogP contribution >= 0.6 is 11.8 Å². The van der Waals surface area contributed by atoms with Gasteiger partial charge in [-0.2, -0.15) is 0 Å². The number of benzene rings is 1. The molecule has 0 aliphatic heterocycles. The van der Waals surface area contributed by atoms with E-state index in [9.17, 15) is 0 Å². The van der Waals surface area contributed by atoms with Gasteiger partial charge in [0.15, 0.2) is 0 Å². The molecular formula is C15H27NS. The van der Waals surface area contributed by atoms with Crippen molar-refractivity contribution >= 4 is 11.8 Å². The van der Waals surface area contributed by atoms with Crippen LogP contribution in [-0.4, -0.2) is 29.8 Å². The molecule has 0 spiro atoms. The van der Waals surface area contributed by atoms with E-state index in [4.69, 9.17) is 0 Å². The van der Waals surface area contributed by atoms with Crippen molar-refractivity contribution < 1.29 is 0 Å². The number of rotatable bonds is 5. The highest BCUT2D eigenvalue weighted by atomic mass is 32.2. The van der Waals surface area contributed by atoms with Crippen molar-refractivity contribution in [1.29, 1.82) is 0 Å². The molecule has 1 aromatic carbocycles. The summed E-state index contributed by atoms with van der Waals surface area (Å²) in [7, 11) is 2.19. The summed E-state index contributed by atoms with van der Waals surface area (Å²) in [5, 5.41) is 0.639. The van der Waals surface area contributed by atoms with E-state index in [2.05, 4.69) is 63.1 Å². The predicted molar refractivity (Wildman–Crippen MR) is 80.9 cm³/mol. The average molecular weight is 253 g/mol. The molecule has 0 bridgehead atoms. The zero-order chi connectivity index (χ0) is 13.3. The first-order chi connectivity index (χ1) is 8.09. The van der Waals surface area contributed by atoms with E-state index in [1.54, 1.807) is 0 Å². The average Bonchev–Trinajstić information content (AvgIpc) is 2.32. The van der Waals surface area contributed by atoms with Gasteiger partial charge in [-0.25, -0.2) is 0 Å². The molecule has 1 rings (SSSR count). The molecule has 0 aliphatic rings. The van der Waals surface area contributed by atoms with E-state index in [-0.39, 0.29) is 0 Å². The van der Waals surface area contributed by atoms with Crippen LogP contribution in [0.15, 0.2) is 35.2 Å². The van der Waals surface area contributed by atoms with Crippen LogP contribution in [0.2, 0.25) is 0 Å². The SMILES string of the molecule is CC.CC(CN(C)C(C)C)Sc1ccccc1. The Kier molecular flexibility index (Phi) is 9.28. The third-order valence-corrected chi connectivity index (χ3v) is 3.60. The lowest BCUT2D eigenvalue weighted by Gasteiger charge is -2.24. The first-order valence-electron chi connectivity index (χ1n) is 6.51. The van der Waals surface area contributed by atoms with Crippen molar-refractivity contribution in [3.05, 3.63) is 30.3 Å². The van der Waals surface area contributed by atoms with Gasteiger partial charge < -0.3 is 4.90 Å². The summed E-state index contributed by atoms with van der Waals surface area (Å²) in [6.45, 7) is 11.9. The van der Waals surface area contributed by atoms with E-state index in [0.717, 1.165) is 6.54 Å². The molecule has 0 saturated carbocycles. The van der Waals surface area contributed by atoms with E-state index >= 15 is 0 Å². The van der Waals surface area contributed by atoms with Crippen LogP contribution in [-0.2, 0) is 0 Å². The van der Waals surface area contributed by atoms with Gasteiger partial charge >= 0.3 is 0 Å². The van der Waals surface area contributed by atoms with Crippen LogP contribution in [0, 0.1) is 0 Å². The smallest absolute Gasteiger partial charge is 0.0193 e. The molecule has 0 aromatic heterocycles. The van der Waals surface area contributed by atoms with Crippen molar-refractivity contribution in [2.24, 2.45) is 0 Å². The molecule has 0 aliphatic carbocycles. The minimum absolute atomic E-state index is 0.629. The fourth-order valence-electron chi connectivity index (χ4n) is 1.39. The maximum absolute atomic E-state index is 2.39. The fraction of sp³-hybridized carbons (Fsp3) is 0.600. The highest BCUT2D eigenvalue weighted by molar-refractivity contribution is 8.00. The van der Waals surface area contributed by atoms with E-state index in [0.29, 0.717) is 11.3 Å². The summed E-state index contributed by atoms with van der Waals surface area (Å²) in [4.78, 5) is 3.75. The highest BCUT2D eigenvalue weighted by Gasteiger charge is 2.09. The van der Waals surface area contributed by atoms with Gasteiger partial charge in [-0.3, -0.25) is 0 Å². The van der Waals surface area contributed by atoms with Crippen LogP contribution in [0.1, 0.15) is 34.6 Å². The second-order valence-corrected chi connectivity index (χ2v) is 5.79. The normalized spacial score (nSPS) is 12.2. The summed E-state index contributed by atoms with van der Waals surface area (Å²) < 4.78 is 0. The third kappa shape index (κ3) is 7.45. The number of nitrogens with zero attached hydrogens (tertiary/aromatic N) is 1. The topological polar surface area (TPSA) is 3.24 Å². The van der Waals surface area contributed by atoms with Gasteiger partial charge in [0.25, 0.3) is 0 Å². The van der Waals surface area contributed by atoms with Crippen molar-refractivity contribution in [2.45, 2.75) is 50.8 Å². The van der Waals surface area contributed by atoms with Gasteiger partial charge in [-0.05, 0) is 33.0 Å². The molecule has 0 amide bonds. The van der Waals surface area contributed by atoms with E-state index < -0.39 is 0 Å². The number of hydrogen-bond donors (Lipinski definition) is 0. The molecule has 1 unspecified atom stereocenters. The van der Waals surface area contributed by atoms with E-state index in [1.165, 1.54) is 4.90 Å². The lowest BCUT2D eigenvalue weighted by atomic mass is 10.3. The molecule has 0 heterocycles. The van der Waals surface area contributed by atoms with Crippen molar-refractivity contribution in [3.8, 4) is 0 Å². The van der Waals surface area contributed by atoms with Crippen molar-refractivity contribution in [3.63, 3.8) is 0 Å². The Morgan fingerprint density at radius 1 is 1.06 bits per heavy atom. The molecule has 1 aromatic rings. The Hall–Kier alpha value is -0.470. The van der Waals surface area contributed by atoms with Crippen LogP contribution in [0.3, 0.4) is 0 Å². The molecule has 0 radical (unpaired) electrons. The molecule has 1 atom stereocenters. The van der Waals surface area contributed by atoms with Crippen LogP contribution in [0.5, 0.6) is 0 Å². The Balaban J connectivity index is 0.00000121. The highest BCUT2D eigenvalue weighted by Crippen LogP contribution is 2.23. The Bertz CT molecular complexity index is 272. The van der Waals surface area contributed by atoms with Gasteiger partial charge in [-0.1, -0.05) is 39.0 Å². The molecule has 0 saturated heterocycles. The van der Waals surface area contributed by atoms with Crippen LogP contribution in [0.4, 0.5) is 0 Å².